The zero-order chi connectivity index (χ0) is 9.61. The summed E-state index contributed by atoms with van der Waals surface area (Å²) in [6, 6.07) is 8.71. The van der Waals surface area contributed by atoms with Gasteiger partial charge in [0.1, 0.15) is 5.75 Å². The number of rotatable bonds is 0. The molecular weight excluding hydrogens is 204 g/mol. The Bertz CT molecular complexity index is 300. The molecule has 0 amide bonds. The number of para-hydroxylation sites is 1. The molecular formula is C6H7ClO4S. The highest BCUT2D eigenvalue weighted by molar-refractivity contribution is 8.09. The molecule has 0 heterocycles. The number of halogens is 1. The molecule has 1 rings (SSSR count). The zero-order valence-corrected chi connectivity index (χ0v) is 7.46. The molecule has 0 fully saturated rings. The Morgan fingerprint density at radius 1 is 1.17 bits per heavy atom. The maximum Gasteiger partial charge on any atom is 0.353 e. The lowest BCUT2D eigenvalue weighted by atomic mass is 10.3. The predicted molar refractivity (Wildman–Crippen MR) is 45.5 cm³/mol. The van der Waals surface area contributed by atoms with Crippen LogP contribution in [0.25, 0.3) is 0 Å². The molecule has 2 N–H and O–H groups in total. The third kappa shape index (κ3) is 12.0. The molecule has 1 aromatic rings. The van der Waals surface area contributed by atoms with Gasteiger partial charge in [-0.3, -0.25) is 4.55 Å². The van der Waals surface area contributed by atoms with Crippen LogP contribution in [-0.2, 0) is 9.33 Å². The summed E-state index contributed by atoms with van der Waals surface area (Å²) in [6.45, 7) is 0. The molecule has 0 saturated heterocycles. The highest BCUT2D eigenvalue weighted by Crippen LogP contribution is 2.02. The van der Waals surface area contributed by atoms with E-state index in [2.05, 4.69) is 10.7 Å². The molecule has 1 aromatic carbocycles. The first-order valence-electron chi connectivity index (χ1n) is 2.80. The summed E-state index contributed by atoms with van der Waals surface area (Å²) in [5.41, 5.74) is 0. The topological polar surface area (TPSA) is 74.6 Å². The predicted octanol–water partition coefficient (Wildman–Crippen LogP) is 1.42. The summed E-state index contributed by atoms with van der Waals surface area (Å²) in [7, 11) is -0.137. The van der Waals surface area contributed by atoms with Crippen molar-refractivity contribution < 1.29 is 18.1 Å². The van der Waals surface area contributed by atoms with Crippen LogP contribution in [-0.4, -0.2) is 18.1 Å². The fourth-order valence-corrected chi connectivity index (χ4v) is 0.428. The van der Waals surface area contributed by atoms with Gasteiger partial charge in [0.15, 0.2) is 0 Å². The summed E-state index contributed by atoms with van der Waals surface area (Å²) in [4.78, 5) is 0. The fourth-order valence-electron chi connectivity index (χ4n) is 0.428. The monoisotopic (exact) mass is 210 g/mol. The van der Waals surface area contributed by atoms with Gasteiger partial charge >= 0.3 is 9.33 Å². The number of aromatic hydroxyl groups is 1. The van der Waals surface area contributed by atoms with Crippen LogP contribution in [0.2, 0.25) is 0 Å². The summed E-state index contributed by atoms with van der Waals surface area (Å²) >= 11 is 0. The number of phenols is 1. The smallest absolute Gasteiger partial charge is 0.353 e. The van der Waals surface area contributed by atoms with Crippen LogP contribution in [0.15, 0.2) is 30.3 Å². The molecule has 0 bridgehead atoms. The van der Waals surface area contributed by atoms with Gasteiger partial charge in [-0.25, -0.2) is 0 Å². The Kier molecular flexibility index (Phi) is 4.65. The van der Waals surface area contributed by atoms with Gasteiger partial charge in [0.05, 0.1) is 0 Å². The summed E-state index contributed by atoms with van der Waals surface area (Å²) in [5.74, 6) is 0.322. The van der Waals surface area contributed by atoms with Crippen molar-refractivity contribution in [2.24, 2.45) is 0 Å². The molecule has 0 atom stereocenters. The molecule has 4 nitrogen and oxygen atoms in total. The first kappa shape index (κ1) is 11.2. The lowest BCUT2D eigenvalue weighted by Crippen LogP contribution is -1.77. The number of hydrogen-bond acceptors (Lipinski definition) is 3. The third-order valence-corrected chi connectivity index (χ3v) is 0.756. The van der Waals surface area contributed by atoms with Crippen molar-refractivity contribution in [3.05, 3.63) is 30.3 Å². The minimum Gasteiger partial charge on any atom is -0.508 e. The normalized spacial score (nSPS) is 9.83. The molecule has 0 unspecified atom stereocenters. The van der Waals surface area contributed by atoms with Crippen molar-refractivity contribution in [1.82, 2.24) is 0 Å². The van der Waals surface area contributed by atoms with Crippen LogP contribution in [0, 0.1) is 0 Å². The summed E-state index contributed by atoms with van der Waals surface area (Å²) in [5, 5.41) is 8.63. The molecule has 0 radical (unpaired) electrons. The summed E-state index contributed by atoms with van der Waals surface area (Å²) < 4.78 is 25.2. The quantitative estimate of drug-likeness (QED) is 0.502. The molecule has 0 aromatic heterocycles. The van der Waals surface area contributed by atoms with Crippen molar-refractivity contribution in [2.75, 3.05) is 0 Å². The Hall–Kier alpha value is -0.780. The van der Waals surface area contributed by atoms with Gasteiger partial charge in [0.25, 0.3) is 0 Å². The van der Waals surface area contributed by atoms with E-state index in [1.165, 1.54) is 0 Å². The lowest BCUT2D eigenvalue weighted by molar-refractivity contribution is 0.475. The van der Waals surface area contributed by atoms with Gasteiger partial charge in [-0.05, 0) is 12.1 Å². The van der Waals surface area contributed by atoms with E-state index in [0.717, 1.165) is 0 Å². The van der Waals surface area contributed by atoms with Gasteiger partial charge in [0.2, 0.25) is 0 Å². The van der Waals surface area contributed by atoms with Crippen molar-refractivity contribution in [1.29, 1.82) is 0 Å². The van der Waals surface area contributed by atoms with Crippen LogP contribution in [0.5, 0.6) is 5.75 Å². The maximum absolute atomic E-state index is 8.95. The van der Waals surface area contributed by atoms with E-state index in [9.17, 15) is 0 Å². The maximum atomic E-state index is 8.95. The molecule has 0 aliphatic carbocycles. The van der Waals surface area contributed by atoms with Crippen molar-refractivity contribution in [3.8, 4) is 5.75 Å². The SMILES string of the molecule is O=S(=O)(O)Cl.Oc1ccccc1. The van der Waals surface area contributed by atoms with Gasteiger partial charge in [0, 0.05) is 10.7 Å². The zero-order valence-electron chi connectivity index (χ0n) is 5.88. The standard InChI is InChI=1S/C6H6O.ClHO3S/c7-6-4-2-1-3-5-6;1-5(2,3)4/h1-5,7H;(H,2,3,4). The Labute approximate surface area is 74.7 Å². The van der Waals surface area contributed by atoms with E-state index in [1.807, 2.05) is 6.07 Å². The minimum atomic E-state index is -4.19. The molecule has 6 heteroatoms. The van der Waals surface area contributed by atoms with E-state index in [1.54, 1.807) is 24.3 Å². The van der Waals surface area contributed by atoms with Crippen molar-refractivity contribution >= 4 is 20.0 Å². The lowest BCUT2D eigenvalue weighted by Gasteiger charge is -1.82. The second kappa shape index (κ2) is 4.97. The molecule has 68 valence electrons. The van der Waals surface area contributed by atoms with Crippen molar-refractivity contribution in [3.63, 3.8) is 0 Å². The van der Waals surface area contributed by atoms with Crippen molar-refractivity contribution in [2.45, 2.75) is 0 Å². The second-order valence-electron chi connectivity index (χ2n) is 1.75. The minimum absolute atomic E-state index is 0.322. The van der Waals surface area contributed by atoms with Gasteiger partial charge < -0.3 is 5.11 Å². The molecule has 12 heavy (non-hydrogen) atoms. The Morgan fingerprint density at radius 2 is 1.50 bits per heavy atom. The van der Waals surface area contributed by atoms with E-state index >= 15 is 0 Å². The highest BCUT2D eigenvalue weighted by atomic mass is 35.7. The first-order chi connectivity index (χ1) is 5.39. The van der Waals surface area contributed by atoms with Gasteiger partial charge in [-0.1, -0.05) is 18.2 Å². The number of hydrogen-bond donors (Lipinski definition) is 2. The van der Waals surface area contributed by atoms with Crippen LogP contribution in [0.3, 0.4) is 0 Å². The fraction of sp³-hybridized carbons (Fsp3) is 0. The van der Waals surface area contributed by atoms with Crippen LogP contribution in [0.4, 0.5) is 0 Å². The molecule has 0 aliphatic rings. The van der Waals surface area contributed by atoms with E-state index in [0.29, 0.717) is 5.75 Å². The summed E-state index contributed by atoms with van der Waals surface area (Å²) in [6.07, 6.45) is 0. The molecule has 0 saturated carbocycles. The van der Waals surface area contributed by atoms with E-state index in [4.69, 9.17) is 18.1 Å². The molecule has 0 spiro atoms. The number of benzene rings is 1. The average Bonchev–Trinajstić information content (AvgIpc) is 1.85. The van der Waals surface area contributed by atoms with Crippen LogP contribution < -0.4 is 0 Å². The average molecular weight is 211 g/mol. The van der Waals surface area contributed by atoms with E-state index in [-0.39, 0.29) is 0 Å². The van der Waals surface area contributed by atoms with Gasteiger partial charge in [-0.2, -0.15) is 8.42 Å². The highest BCUT2D eigenvalue weighted by Gasteiger charge is 1.86. The Morgan fingerprint density at radius 3 is 1.67 bits per heavy atom. The Balaban J connectivity index is 0.000000217. The van der Waals surface area contributed by atoms with Gasteiger partial charge in [-0.15, -0.1) is 0 Å². The second-order valence-corrected chi connectivity index (χ2v) is 3.74. The van der Waals surface area contributed by atoms with Crippen LogP contribution >= 0.6 is 10.7 Å². The largest absolute Gasteiger partial charge is 0.508 e. The molecule has 0 aliphatic heterocycles. The first-order valence-corrected chi connectivity index (χ1v) is 5.07. The van der Waals surface area contributed by atoms with E-state index < -0.39 is 9.33 Å². The number of phenolic OH excluding ortho intramolecular Hbond substituents is 1. The van der Waals surface area contributed by atoms with Crippen LogP contribution in [0.1, 0.15) is 0 Å². The third-order valence-electron chi connectivity index (χ3n) is 0.756.